The number of hydrogen-bond donors (Lipinski definition) is 1. The van der Waals surface area contributed by atoms with Crippen molar-refractivity contribution in [3.05, 3.63) is 36.4 Å². The summed E-state index contributed by atoms with van der Waals surface area (Å²) < 4.78 is 40.7. The first-order chi connectivity index (χ1) is 14.6. The summed E-state index contributed by atoms with van der Waals surface area (Å²) in [5.74, 6) is -0.421. The number of piperazine rings is 1. The summed E-state index contributed by atoms with van der Waals surface area (Å²) in [4.78, 5) is 33.6. The molecule has 0 unspecified atom stereocenters. The van der Waals surface area contributed by atoms with Gasteiger partial charge in [0.1, 0.15) is 12.7 Å². The molecule has 3 rings (SSSR count). The van der Waals surface area contributed by atoms with Gasteiger partial charge in [-0.25, -0.2) is 9.67 Å². The van der Waals surface area contributed by atoms with Crippen molar-refractivity contribution in [2.75, 3.05) is 58.7 Å². The third-order valence-corrected chi connectivity index (χ3v) is 4.95. The molecule has 2 heterocycles. The van der Waals surface area contributed by atoms with Crippen LogP contribution in [0.4, 0.5) is 18.9 Å². The van der Waals surface area contributed by atoms with Crippen LogP contribution in [0.15, 0.2) is 30.9 Å². The van der Waals surface area contributed by atoms with Crippen molar-refractivity contribution >= 4 is 17.5 Å². The van der Waals surface area contributed by atoms with Crippen LogP contribution in [0.25, 0.3) is 5.69 Å². The Morgan fingerprint density at radius 3 is 2.29 bits per heavy atom. The molecule has 0 spiro atoms. The molecule has 1 aromatic heterocycles. The zero-order valence-corrected chi connectivity index (χ0v) is 17.3. The van der Waals surface area contributed by atoms with Crippen LogP contribution in [0.2, 0.25) is 0 Å². The van der Waals surface area contributed by atoms with Crippen molar-refractivity contribution in [2.24, 2.45) is 0 Å². The van der Waals surface area contributed by atoms with Gasteiger partial charge in [-0.2, -0.15) is 18.3 Å². The standard InChI is InChI=1S/C19H24F3N7O2/c1-26(2)18(31)11-28-7-5-27(6-8-28)10-17(30)25-15-9-14(19(20,21)22)3-4-16(15)29-13-23-12-24-29/h3-4,9,12-13H,5-8,10-11H2,1-2H3,(H,25,30). The molecule has 9 nitrogen and oxygen atoms in total. The minimum atomic E-state index is -4.54. The summed E-state index contributed by atoms with van der Waals surface area (Å²) >= 11 is 0. The largest absolute Gasteiger partial charge is 0.416 e. The van der Waals surface area contributed by atoms with Crippen molar-refractivity contribution in [1.29, 1.82) is 0 Å². The molecule has 0 bridgehead atoms. The van der Waals surface area contributed by atoms with Gasteiger partial charge in [0.2, 0.25) is 11.8 Å². The SMILES string of the molecule is CN(C)C(=O)CN1CCN(CC(=O)Nc2cc(C(F)(F)F)ccc2-n2cncn2)CC1. The first kappa shape index (κ1) is 22.7. The van der Waals surface area contributed by atoms with Crippen molar-refractivity contribution in [3.8, 4) is 5.69 Å². The molecule has 0 atom stereocenters. The monoisotopic (exact) mass is 439 g/mol. The van der Waals surface area contributed by atoms with Crippen LogP contribution >= 0.6 is 0 Å². The van der Waals surface area contributed by atoms with E-state index in [9.17, 15) is 22.8 Å². The maximum absolute atomic E-state index is 13.1. The van der Waals surface area contributed by atoms with E-state index in [1.54, 1.807) is 14.1 Å². The maximum Gasteiger partial charge on any atom is 0.416 e. The number of amides is 2. The number of hydrogen-bond acceptors (Lipinski definition) is 6. The number of carbonyl (C=O) groups excluding carboxylic acids is 2. The predicted molar refractivity (Wildman–Crippen MR) is 107 cm³/mol. The van der Waals surface area contributed by atoms with Crippen molar-refractivity contribution in [3.63, 3.8) is 0 Å². The highest BCUT2D eigenvalue weighted by Gasteiger charge is 2.31. The average Bonchev–Trinajstić information content (AvgIpc) is 3.23. The molecule has 1 saturated heterocycles. The highest BCUT2D eigenvalue weighted by atomic mass is 19.4. The predicted octanol–water partition coefficient (Wildman–Crippen LogP) is 0.930. The minimum Gasteiger partial charge on any atom is -0.348 e. The van der Waals surface area contributed by atoms with Crippen molar-refractivity contribution in [1.82, 2.24) is 29.5 Å². The van der Waals surface area contributed by atoms with Gasteiger partial charge in [-0.1, -0.05) is 0 Å². The number of anilines is 1. The molecule has 168 valence electrons. The maximum atomic E-state index is 13.1. The van der Waals surface area contributed by atoms with E-state index in [-0.39, 0.29) is 23.8 Å². The summed E-state index contributed by atoms with van der Waals surface area (Å²) in [7, 11) is 3.40. The highest BCUT2D eigenvalue weighted by Crippen LogP contribution is 2.33. The Kier molecular flexibility index (Phi) is 6.91. The zero-order chi connectivity index (χ0) is 22.6. The number of benzene rings is 1. The molecule has 0 saturated carbocycles. The van der Waals surface area contributed by atoms with Crippen LogP contribution in [-0.2, 0) is 15.8 Å². The highest BCUT2D eigenvalue weighted by molar-refractivity contribution is 5.94. The van der Waals surface area contributed by atoms with Gasteiger partial charge in [0.15, 0.2) is 0 Å². The lowest BCUT2D eigenvalue weighted by Crippen LogP contribution is -2.50. The Hall–Kier alpha value is -2.99. The number of aromatic nitrogens is 3. The first-order valence-corrected chi connectivity index (χ1v) is 9.64. The van der Waals surface area contributed by atoms with E-state index < -0.39 is 17.6 Å². The van der Waals surface area contributed by atoms with Crippen LogP contribution in [0.5, 0.6) is 0 Å². The van der Waals surface area contributed by atoms with Gasteiger partial charge >= 0.3 is 6.18 Å². The summed E-state index contributed by atoms with van der Waals surface area (Å²) in [6, 6.07) is 3.06. The Morgan fingerprint density at radius 2 is 1.74 bits per heavy atom. The second-order valence-corrected chi connectivity index (χ2v) is 7.46. The molecule has 1 aliphatic heterocycles. The average molecular weight is 439 g/mol. The molecule has 2 amide bonds. The molecule has 1 aliphatic rings. The lowest BCUT2D eigenvalue weighted by Gasteiger charge is -2.34. The number of nitrogens with one attached hydrogen (secondary N) is 1. The number of rotatable bonds is 6. The van der Waals surface area contributed by atoms with Gasteiger partial charge in [0.25, 0.3) is 0 Å². The fraction of sp³-hybridized carbons (Fsp3) is 0.474. The van der Waals surface area contributed by atoms with Crippen LogP contribution in [0.3, 0.4) is 0 Å². The van der Waals surface area contributed by atoms with Crippen molar-refractivity contribution in [2.45, 2.75) is 6.18 Å². The first-order valence-electron chi connectivity index (χ1n) is 9.64. The fourth-order valence-electron chi connectivity index (χ4n) is 3.18. The van der Waals surface area contributed by atoms with Gasteiger partial charge in [0.05, 0.1) is 30.0 Å². The molecule has 12 heteroatoms. The van der Waals surface area contributed by atoms with E-state index >= 15 is 0 Å². The number of halogens is 3. The Bertz CT molecular complexity index is 908. The van der Waals surface area contributed by atoms with Crippen LogP contribution in [0, 0.1) is 0 Å². The Balaban J connectivity index is 1.63. The third-order valence-electron chi connectivity index (χ3n) is 4.95. The van der Waals surface area contributed by atoms with Gasteiger partial charge in [-0.05, 0) is 18.2 Å². The summed E-state index contributed by atoms with van der Waals surface area (Å²) in [5.41, 5.74) is -0.586. The molecule has 1 fully saturated rings. The number of likely N-dealkylation sites (N-methyl/N-ethyl adjacent to an activating group) is 1. The van der Waals surface area contributed by atoms with Crippen LogP contribution in [-0.4, -0.2) is 94.6 Å². The van der Waals surface area contributed by atoms with Gasteiger partial charge in [-0.15, -0.1) is 0 Å². The molecule has 31 heavy (non-hydrogen) atoms. The van der Waals surface area contributed by atoms with E-state index in [1.165, 1.54) is 28.3 Å². The molecular formula is C19H24F3N7O2. The van der Waals surface area contributed by atoms with Crippen LogP contribution in [0.1, 0.15) is 5.56 Å². The van der Waals surface area contributed by atoms with E-state index in [1.807, 2.05) is 9.80 Å². The van der Waals surface area contributed by atoms with E-state index in [2.05, 4.69) is 15.4 Å². The number of alkyl halides is 3. The van der Waals surface area contributed by atoms with E-state index in [0.29, 0.717) is 32.7 Å². The lowest BCUT2D eigenvalue weighted by atomic mass is 10.1. The fourth-order valence-corrected chi connectivity index (χ4v) is 3.18. The van der Waals surface area contributed by atoms with Gasteiger partial charge in [-0.3, -0.25) is 19.4 Å². The van der Waals surface area contributed by atoms with E-state index in [4.69, 9.17) is 0 Å². The third kappa shape index (κ3) is 6.01. The second kappa shape index (κ2) is 9.43. The second-order valence-electron chi connectivity index (χ2n) is 7.46. The molecule has 1 N–H and O–H groups in total. The number of nitrogens with zero attached hydrogens (tertiary/aromatic N) is 6. The van der Waals surface area contributed by atoms with Gasteiger partial charge < -0.3 is 10.2 Å². The molecule has 0 radical (unpaired) electrons. The Labute approximate surface area is 177 Å². The van der Waals surface area contributed by atoms with E-state index in [0.717, 1.165) is 12.1 Å². The topological polar surface area (TPSA) is 86.6 Å². The summed E-state index contributed by atoms with van der Waals surface area (Å²) in [5, 5.41) is 6.51. The quantitative estimate of drug-likeness (QED) is 0.721. The molecule has 2 aromatic rings. The van der Waals surface area contributed by atoms with Crippen molar-refractivity contribution < 1.29 is 22.8 Å². The summed E-state index contributed by atoms with van der Waals surface area (Å²) in [6.07, 6.45) is -1.95. The molecule has 0 aliphatic carbocycles. The minimum absolute atomic E-state index is 0.000501. The number of carbonyl (C=O) groups is 2. The normalized spacial score (nSPS) is 15.6. The zero-order valence-electron chi connectivity index (χ0n) is 17.3. The smallest absolute Gasteiger partial charge is 0.348 e. The molecule has 1 aromatic carbocycles. The van der Waals surface area contributed by atoms with Crippen LogP contribution < -0.4 is 5.32 Å². The Morgan fingerprint density at radius 1 is 1.10 bits per heavy atom. The lowest BCUT2D eigenvalue weighted by molar-refractivity contribution is -0.137. The molecular weight excluding hydrogens is 415 g/mol. The summed E-state index contributed by atoms with van der Waals surface area (Å²) in [6.45, 7) is 2.75. The van der Waals surface area contributed by atoms with Gasteiger partial charge in [0, 0.05) is 40.3 Å².